The molecule has 1 heterocycles. The van der Waals surface area contributed by atoms with Gasteiger partial charge in [-0.05, 0) is 35.9 Å². The lowest BCUT2D eigenvalue weighted by atomic mass is 10.0. The summed E-state index contributed by atoms with van der Waals surface area (Å²) in [5, 5.41) is 10.8. The minimum absolute atomic E-state index is 0.448. The van der Waals surface area contributed by atoms with Crippen molar-refractivity contribution in [3.8, 4) is 11.5 Å². The molecule has 0 saturated heterocycles. The van der Waals surface area contributed by atoms with E-state index in [-0.39, 0.29) is 0 Å². The molecule has 3 nitrogen and oxygen atoms in total. The normalized spacial score (nSPS) is 11.9. The van der Waals surface area contributed by atoms with E-state index in [0.29, 0.717) is 22.1 Å². The first-order chi connectivity index (χ1) is 10.7. The molecule has 4 heteroatoms. The van der Waals surface area contributed by atoms with Crippen LogP contribution in [0.25, 0.3) is 0 Å². The van der Waals surface area contributed by atoms with Gasteiger partial charge in [0.25, 0.3) is 0 Å². The predicted octanol–water partition coefficient (Wildman–Crippen LogP) is 4.61. The van der Waals surface area contributed by atoms with Gasteiger partial charge < -0.3 is 9.84 Å². The van der Waals surface area contributed by atoms with Gasteiger partial charge in [-0.2, -0.15) is 0 Å². The number of aliphatic hydroxyl groups excluding tert-OH is 1. The van der Waals surface area contributed by atoms with E-state index in [0.717, 1.165) is 5.56 Å². The first kappa shape index (κ1) is 14.6. The van der Waals surface area contributed by atoms with Gasteiger partial charge >= 0.3 is 0 Å². The summed E-state index contributed by atoms with van der Waals surface area (Å²) in [7, 11) is 0. The van der Waals surface area contributed by atoms with Crippen LogP contribution < -0.4 is 4.74 Å². The van der Waals surface area contributed by atoms with Gasteiger partial charge in [0.05, 0.1) is 5.02 Å². The van der Waals surface area contributed by atoms with E-state index in [1.807, 2.05) is 36.4 Å². The number of pyridine rings is 1. The van der Waals surface area contributed by atoms with E-state index >= 15 is 0 Å². The monoisotopic (exact) mass is 311 g/mol. The van der Waals surface area contributed by atoms with Crippen LogP contribution in [0.2, 0.25) is 5.02 Å². The molecule has 0 aliphatic heterocycles. The average Bonchev–Trinajstić information content (AvgIpc) is 2.58. The van der Waals surface area contributed by atoms with Crippen LogP contribution in [0.15, 0.2) is 73.1 Å². The second-order valence-electron chi connectivity index (χ2n) is 4.79. The van der Waals surface area contributed by atoms with Crippen LogP contribution in [0.3, 0.4) is 0 Å². The van der Waals surface area contributed by atoms with Crippen molar-refractivity contribution in [2.75, 3.05) is 0 Å². The summed E-state index contributed by atoms with van der Waals surface area (Å²) in [5.74, 6) is 1.26. The molecule has 22 heavy (non-hydrogen) atoms. The SMILES string of the molecule is OC(c1cccnc1)c1ccc(Oc2ccccc2)c(Cl)c1. The van der Waals surface area contributed by atoms with E-state index < -0.39 is 6.10 Å². The maximum Gasteiger partial charge on any atom is 0.146 e. The number of hydrogen-bond donors (Lipinski definition) is 1. The van der Waals surface area contributed by atoms with Crippen molar-refractivity contribution in [2.45, 2.75) is 6.10 Å². The Kier molecular flexibility index (Phi) is 4.37. The molecule has 3 rings (SSSR count). The molecular weight excluding hydrogens is 298 g/mol. The zero-order chi connectivity index (χ0) is 15.4. The minimum Gasteiger partial charge on any atom is -0.456 e. The highest BCUT2D eigenvalue weighted by molar-refractivity contribution is 6.32. The average molecular weight is 312 g/mol. The Labute approximate surface area is 133 Å². The maximum absolute atomic E-state index is 10.4. The Morgan fingerprint density at radius 1 is 0.955 bits per heavy atom. The summed E-state index contributed by atoms with van der Waals surface area (Å²) >= 11 is 6.26. The van der Waals surface area contributed by atoms with E-state index in [4.69, 9.17) is 16.3 Å². The van der Waals surface area contributed by atoms with Crippen molar-refractivity contribution in [3.63, 3.8) is 0 Å². The van der Waals surface area contributed by atoms with E-state index in [1.165, 1.54) is 0 Å². The molecule has 1 atom stereocenters. The molecule has 110 valence electrons. The van der Waals surface area contributed by atoms with Gasteiger partial charge in [0.2, 0.25) is 0 Å². The van der Waals surface area contributed by atoms with Gasteiger partial charge in [-0.1, -0.05) is 41.9 Å². The highest BCUT2D eigenvalue weighted by Gasteiger charge is 2.13. The van der Waals surface area contributed by atoms with Gasteiger partial charge in [-0.25, -0.2) is 0 Å². The molecule has 0 amide bonds. The van der Waals surface area contributed by atoms with Crippen molar-refractivity contribution in [1.29, 1.82) is 0 Å². The van der Waals surface area contributed by atoms with Gasteiger partial charge in [0, 0.05) is 18.0 Å². The number of aliphatic hydroxyl groups is 1. The first-order valence-corrected chi connectivity index (χ1v) is 7.22. The number of hydrogen-bond acceptors (Lipinski definition) is 3. The molecule has 2 aromatic carbocycles. The second-order valence-corrected chi connectivity index (χ2v) is 5.20. The molecule has 0 bridgehead atoms. The quantitative estimate of drug-likeness (QED) is 0.765. The highest BCUT2D eigenvalue weighted by Crippen LogP contribution is 2.33. The van der Waals surface area contributed by atoms with Crippen LogP contribution in [0, 0.1) is 0 Å². The van der Waals surface area contributed by atoms with Gasteiger partial charge in [-0.15, -0.1) is 0 Å². The zero-order valence-electron chi connectivity index (χ0n) is 11.7. The van der Waals surface area contributed by atoms with Crippen LogP contribution in [0.5, 0.6) is 11.5 Å². The van der Waals surface area contributed by atoms with Gasteiger partial charge in [0.15, 0.2) is 0 Å². The molecule has 1 unspecified atom stereocenters. The first-order valence-electron chi connectivity index (χ1n) is 6.84. The van der Waals surface area contributed by atoms with E-state index in [9.17, 15) is 5.11 Å². The lowest BCUT2D eigenvalue weighted by Gasteiger charge is -2.13. The van der Waals surface area contributed by atoms with Crippen LogP contribution in [-0.2, 0) is 0 Å². The Hall–Kier alpha value is -2.36. The number of rotatable bonds is 4. The number of nitrogens with zero attached hydrogens (tertiary/aromatic N) is 1. The van der Waals surface area contributed by atoms with Crippen LogP contribution in [-0.4, -0.2) is 10.1 Å². The van der Waals surface area contributed by atoms with Gasteiger partial charge in [0.1, 0.15) is 17.6 Å². The molecule has 1 N–H and O–H groups in total. The molecule has 0 aliphatic carbocycles. The summed E-state index contributed by atoms with van der Waals surface area (Å²) < 4.78 is 5.72. The second kappa shape index (κ2) is 6.60. The maximum atomic E-state index is 10.4. The number of halogens is 1. The third-order valence-corrected chi connectivity index (χ3v) is 3.54. The minimum atomic E-state index is -0.767. The molecular formula is C18H14ClNO2. The zero-order valence-corrected chi connectivity index (χ0v) is 12.4. The topological polar surface area (TPSA) is 42.4 Å². The summed E-state index contributed by atoms with van der Waals surface area (Å²) in [6, 6.07) is 18.3. The van der Waals surface area contributed by atoms with E-state index in [2.05, 4.69) is 4.98 Å². The van der Waals surface area contributed by atoms with Crippen molar-refractivity contribution in [2.24, 2.45) is 0 Å². The van der Waals surface area contributed by atoms with Crippen molar-refractivity contribution in [3.05, 3.63) is 89.2 Å². The largest absolute Gasteiger partial charge is 0.456 e. The molecule has 0 radical (unpaired) electrons. The Morgan fingerprint density at radius 2 is 1.77 bits per heavy atom. The number of aromatic nitrogens is 1. The third kappa shape index (κ3) is 3.27. The summed E-state index contributed by atoms with van der Waals surface area (Å²) in [4.78, 5) is 4.01. The fourth-order valence-corrected chi connectivity index (χ4v) is 2.34. The molecule has 3 aromatic rings. The molecule has 0 spiro atoms. The third-order valence-electron chi connectivity index (χ3n) is 3.24. The smallest absolute Gasteiger partial charge is 0.146 e. The molecule has 0 saturated carbocycles. The van der Waals surface area contributed by atoms with E-state index in [1.54, 1.807) is 36.7 Å². The summed E-state index contributed by atoms with van der Waals surface area (Å²) in [6.07, 6.45) is 2.53. The highest BCUT2D eigenvalue weighted by atomic mass is 35.5. The van der Waals surface area contributed by atoms with Crippen LogP contribution >= 0.6 is 11.6 Å². The fourth-order valence-electron chi connectivity index (χ4n) is 2.12. The Bertz CT molecular complexity index is 748. The van der Waals surface area contributed by atoms with Crippen molar-refractivity contribution < 1.29 is 9.84 Å². The fraction of sp³-hybridized carbons (Fsp3) is 0.0556. The number of ether oxygens (including phenoxy) is 1. The number of benzene rings is 2. The molecule has 0 aliphatic rings. The van der Waals surface area contributed by atoms with Crippen LogP contribution in [0.4, 0.5) is 0 Å². The summed E-state index contributed by atoms with van der Waals surface area (Å²) in [6.45, 7) is 0. The molecule has 0 fully saturated rings. The summed E-state index contributed by atoms with van der Waals surface area (Å²) in [5.41, 5.74) is 1.41. The van der Waals surface area contributed by atoms with Crippen molar-refractivity contribution >= 4 is 11.6 Å². The van der Waals surface area contributed by atoms with Gasteiger partial charge in [-0.3, -0.25) is 4.98 Å². The lowest BCUT2D eigenvalue weighted by Crippen LogP contribution is -2.00. The number of para-hydroxylation sites is 1. The Balaban J connectivity index is 1.83. The molecule has 1 aromatic heterocycles. The lowest BCUT2D eigenvalue weighted by molar-refractivity contribution is 0.220. The predicted molar refractivity (Wildman–Crippen MR) is 86.3 cm³/mol. The standard InChI is InChI=1S/C18H14ClNO2/c19-16-11-13(18(21)14-5-4-10-20-12-14)8-9-17(16)22-15-6-2-1-3-7-15/h1-12,18,21H. The Morgan fingerprint density at radius 3 is 2.45 bits per heavy atom. The van der Waals surface area contributed by atoms with Crippen molar-refractivity contribution in [1.82, 2.24) is 4.98 Å². The van der Waals surface area contributed by atoms with Crippen LogP contribution in [0.1, 0.15) is 17.2 Å².